The summed E-state index contributed by atoms with van der Waals surface area (Å²) in [5.41, 5.74) is 0.876. The summed E-state index contributed by atoms with van der Waals surface area (Å²) in [6.07, 6.45) is 3.80. The van der Waals surface area contributed by atoms with Gasteiger partial charge in [0.1, 0.15) is 5.82 Å². The first-order valence-electron chi connectivity index (χ1n) is 10.3. The van der Waals surface area contributed by atoms with Crippen LogP contribution >= 0.6 is 11.5 Å². The van der Waals surface area contributed by atoms with Crippen molar-refractivity contribution < 1.29 is 0 Å². The first kappa shape index (κ1) is 19.5. The van der Waals surface area contributed by atoms with Crippen LogP contribution in [0.4, 0.5) is 5.13 Å². The molecule has 8 heteroatoms. The first-order chi connectivity index (χ1) is 13.4. The molecule has 2 aromatic heterocycles. The standard InChI is InChI=1S/C20H30N6OS/c1-20(2,3)16-7-8-17(27)26(22-16)14-11-24-9-12-25(13-10-24)19-21-18(23-28-19)15-5-4-6-15/h7-8,15H,4-6,9-14H2,1-3H3. The maximum Gasteiger partial charge on any atom is 0.266 e. The summed E-state index contributed by atoms with van der Waals surface area (Å²) in [5.74, 6) is 1.65. The molecule has 0 atom stereocenters. The Morgan fingerprint density at radius 3 is 2.50 bits per heavy atom. The number of aromatic nitrogens is 4. The number of rotatable bonds is 5. The molecule has 0 unspecified atom stereocenters. The summed E-state index contributed by atoms with van der Waals surface area (Å²) in [4.78, 5) is 21.7. The van der Waals surface area contributed by atoms with Gasteiger partial charge in [0.15, 0.2) is 0 Å². The molecule has 7 nitrogen and oxygen atoms in total. The van der Waals surface area contributed by atoms with Gasteiger partial charge in [-0.1, -0.05) is 27.2 Å². The number of nitrogens with zero attached hydrogens (tertiary/aromatic N) is 6. The van der Waals surface area contributed by atoms with Crippen LogP contribution in [0.1, 0.15) is 57.5 Å². The first-order valence-corrected chi connectivity index (χ1v) is 11.1. The Kier molecular flexibility index (Phi) is 5.51. The maximum atomic E-state index is 12.2. The highest BCUT2D eigenvalue weighted by atomic mass is 32.1. The van der Waals surface area contributed by atoms with Crippen LogP contribution in [-0.4, -0.2) is 56.8 Å². The Balaban J connectivity index is 1.30. The zero-order valence-electron chi connectivity index (χ0n) is 17.1. The lowest BCUT2D eigenvalue weighted by atomic mass is 9.85. The highest BCUT2D eigenvalue weighted by Crippen LogP contribution is 2.36. The largest absolute Gasteiger partial charge is 0.344 e. The van der Waals surface area contributed by atoms with Crippen LogP contribution in [-0.2, 0) is 12.0 Å². The van der Waals surface area contributed by atoms with Crippen LogP contribution in [0.15, 0.2) is 16.9 Å². The molecule has 0 aromatic carbocycles. The third-order valence-electron chi connectivity index (χ3n) is 5.81. The van der Waals surface area contributed by atoms with E-state index in [1.807, 2.05) is 6.07 Å². The summed E-state index contributed by atoms with van der Waals surface area (Å²) in [6.45, 7) is 11.7. The van der Waals surface area contributed by atoms with E-state index >= 15 is 0 Å². The average molecular weight is 403 g/mol. The van der Waals surface area contributed by atoms with Crippen molar-refractivity contribution in [2.75, 3.05) is 37.6 Å². The summed E-state index contributed by atoms with van der Waals surface area (Å²) < 4.78 is 6.19. The van der Waals surface area contributed by atoms with Crippen molar-refractivity contribution in [3.63, 3.8) is 0 Å². The summed E-state index contributed by atoms with van der Waals surface area (Å²) in [5, 5.41) is 5.64. The van der Waals surface area contributed by atoms with Gasteiger partial charge in [-0.05, 0) is 18.9 Å². The maximum absolute atomic E-state index is 12.2. The van der Waals surface area contributed by atoms with Crippen LogP contribution in [0.5, 0.6) is 0 Å². The number of hydrogen-bond acceptors (Lipinski definition) is 7. The van der Waals surface area contributed by atoms with Crippen LogP contribution in [0.2, 0.25) is 0 Å². The van der Waals surface area contributed by atoms with Crippen LogP contribution in [0, 0.1) is 0 Å². The minimum atomic E-state index is -0.0544. The normalized spacial score (nSPS) is 19.0. The predicted octanol–water partition coefficient (Wildman–Crippen LogP) is 2.48. The highest BCUT2D eigenvalue weighted by molar-refractivity contribution is 7.09. The van der Waals surface area contributed by atoms with E-state index in [0.717, 1.165) is 49.4 Å². The Bertz CT molecular complexity index is 858. The molecule has 0 bridgehead atoms. The minimum Gasteiger partial charge on any atom is -0.344 e. The van der Waals surface area contributed by atoms with Crippen molar-refractivity contribution >= 4 is 16.7 Å². The topological polar surface area (TPSA) is 67.2 Å². The number of piperazine rings is 1. The van der Waals surface area contributed by atoms with Gasteiger partial charge >= 0.3 is 0 Å². The average Bonchev–Trinajstić information content (AvgIpc) is 3.08. The zero-order valence-corrected chi connectivity index (χ0v) is 17.9. The van der Waals surface area contributed by atoms with E-state index in [1.165, 1.54) is 19.3 Å². The van der Waals surface area contributed by atoms with E-state index in [4.69, 9.17) is 4.98 Å². The van der Waals surface area contributed by atoms with Gasteiger partial charge in [0.2, 0.25) is 5.13 Å². The molecule has 28 heavy (non-hydrogen) atoms. The fourth-order valence-electron chi connectivity index (χ4n) is 3.60. The Labute approximate surface area is 170 Å². The van der Waals surface area contributed by atoms with Crippen LogP contribution < -0.4 is 10.5 Å². The molecule has 0 spiro atoms. The van der Waals surface area contributed by atoms with Gasteiger partial charge in [0.25, 0.3) is 5.56 Å². The fraction of sp³-hybridized carbons (Fsp3) is 0.700. The van der Waals surface area contributed by atoms with E-state index in [1.54, 1.807) is 22.3 Å². The Hall–Kier alpha value is -1.80. The van der Waals surface area contributed by atoms with Gasteiger partial charge in [0.05, 0.1) is 12.2 Å². The molecule has 1 aliphatic heterocycles. The molecule has 3 heterocycles. The second-order valence-electron chi connectivity index (χ2n) is 8.92. The van der Waals surface area contributed by atoms with E-state index < -0.39 is 0 Å². The van der Waals surface area contributed by atoms with E-state index in [9.17, 15) is 4.79 Å². The molecule has 1 saturated heterocycles. The van der Waals surface area contributed by atoms with Gasteiger partial charge in [-0.25, -0.2) is 9.67 Å². The lowest BCUT2D eigenvalue weighted by molar-refractivity contribution is 0.242. The van der Waals surface area contributed by atoms with Crippen molar-refractivity contribution in [2.45, 2.75) is 57.9 Å². The van der Waals surface area contributed by atoms with Gasteiger partial charge < -0.3 is 4.90 Å². The van der Waals surface area contributed by atoms with Crippen molar-refractivity contribution in [2.24, 2.45) is 0 Å². The van der Waals surface area contributed by atoms with Gasteiger partial charge in [-0.3, -0.25) is 9.69 Å². The second-order valence-corrected chi connectivity index (χ2v) is 9.65. The quantitative estimate of drug-likeness (QED) is 0.765. The van der Waals surface area contributed by atoms with Gasteiger partial charge in [-0.2, -0.15) is 9.47 Å². The minimum absolute atomic E-state index is 0.0241. The molecular weight excluding hydrogens is 372 g/mol. The van der Waals surface area contributed by atoms with Crippen molar-refractivity contribution in [1.82, 2.24) is 24.0 Å². The van der Waals surface area contributed by atoms with Crippen molar-refractivity contribution in [1.29, 1.82) is 0 Å². The summed E-state index contributed by atoms with van der Waals surface area (Å²) in [7, 11) is 0. The molecule has 0 radical (unpaired) electrons. The van der Waals surface area contributed by atoms with E-state index in [0.29, 0.717) is 12.5 Å². The van der Waals surface area contributed by atoms with Gasteiger partial charge in [-0.15, -0.1) is 0 Å². The fourth-order valence-corrected chi connectivity index (χ4v) is 4.39. The molecule has 0 N–H and O–H groups in total. The Morgan fingerprint density at radius 1 is 1.11 bits per heavy atom. The zero-order chi connectivity index (χ0) is 19.7. The monoisotopic (exact) mass is 402 g/mol. The number of anilines is 1. The molecular formula is C20H30N6OS. The summed E-state index contributed by atoms with van der Waals surface area (Å²) in [6, 6.07) is 3.48. The van der Waals surface area contributed by atoms with Crippen LogP contribution in [0.3, 0.4) is 0 Å². The molecule has 2 aliphatic rings. The molecule has 1 aliphatic carbocycles. The second kappa shape index (κ2) is 7.91. The third-order valence-corrected chi connectivity index (χ3v) is 6.60. The molecule has 152 valence electrons. The van der Waals surface area contributed by atoms with Crippen molar-refractivity contribution in [3.8, 4) is 0 Å². The molecule has 2 fully saturated rings. The lowest BCUT2D eigenvalue weighted by Gasteiger charge is -2.34. The van der Waals surface area contributed by atoms with Gasteiger partial charge in [0, 0.05) is 61.7 Å². The smallest absolute Gasteiger partial charge is 0.266 e. The molecule has 0 amide bonds. The number of hydrogen-bond donors (Lipinski definition) is 0. The van der Waals surface area contributed by atoms with Crippen molar-refractivity contribution in [3.05, 3.63) is 34.0 Å². The Morgan fingerprint density at radius 2 is 1.86 bits per heavy atom. The molecule has 4 rings (SSSR count). The SMILES string of the molecule is CC(C)(C)c1ccc(=O)n(CCN2CCN(c3nc(C4CCC4)ns3)CC2)n1. The highest BCUT2D eigenvalue weighted by Gasteiger charge is 2.26. The van der Waals surface area contributed by atoms with E-state index in [-0.39, 0.29) is 11.0 Å². The third kappa shape index (κ3) is 4.27. The molecule has 2 aromatic rings. The lowest BCUT2D eigenvalue weighted by Crippen LogP contribution is -2.47. The molecule has 1 saturated carbocycles. The van der Waals surface area contributed by atoms with E-state index in [2.05, 4.69) is 40.0 Å². The predicted molar refractivity (Wildman–Crippen MR) is 112 cm³/mol. The summed E-state index contributed by atoms with van der Waals surface area (Å²) >= 11 is 1.54. The van der Waals surface area contributed by atoms with Crippen LogP contribution in [0.25, 0.3) is 0 Å².